The van der Waals surface area contributed by atoms with Crippen LogP contribution < -0.4 is 0 Å². The SMILES string of the molecule is O=C(c1ccccc1)N1CC2(CCCCC2)C1. The van der Waals surface area contributed by atoms with Crippen LogP contribution in [0.3, 0.4) is 0 Å². The van der Waals surface area contributed by atoms with E-state index in [0.717, 1.165) is 18.7 Å². The molecule has 1 aromatic rings. The van der Waals surface area contributed by atoms with Gasteiger partial charge in [0.05, 0.1) is 0 Å². The van der Waals surface area contributed by atoms with Crippen molar-refractivity contribution in [1.82, 2.24) is 4.90 Å². The molecule has 2 fully saturated rings. The van der Waals surface area contributed by atoms with Crippen molar-refractivity contribution in [1.29, 1.82) is 0 Å². The smallest absolute Gasteiger partial charge is 0.253 e. The van der Waals surface area contributed by atoms with Gasteiger partial charge in [0.2, 0.25) is 0 Å². The number of rotatable bonds is 1. The van der Waals surface area contributed by atoms with Crippen LogP contribution in [0.2, 0.25) is 0 Å². The summed E-state index contributed by atoms with van der Waals surface area (Å²) in [5.74, 6) is 0.210. The van der Waals surface area contributed by atoms with Crippen LogP contribution in [0.15, 0.2) is 30.3 Å². The molecule has 1 spiro atoms. The van der Waals surface area contributed by atoms with E-state index in [2.05, 4.69) is 0 Å². The lowest BCUT2D eigenvalue weighted by Gasteiger charge is -2.52. The first kappa shape index (κ1) is 10.8. The van der Waals surface area contributed by atoms with Gasteiger partial charge in [0.1, 0.15) is 0 Å². The lowest BCUT2D eigenvalue weighted by atomic mass is 9.68. The molecule has 1 saturated carbocycles. The average molecular weight is 229 g/mol. The van der Waals surface area contributed by atoms with E-state index < -0.39 is 0 Å². The van der Waals surface area contributed by atoms with Gasteiger partial charge in [-0.3, -0.25) is 4.79 Å². The summed E-state index contributed by atoms with van der Waals surface area (Å²) in [5.41, 5.74) is 1.32. The van der Waals surface area contributed by atoms with Gasteiger partial charge in [0.25, 0.3) is 5.91 Å². The Morgan fingerprint density at radius 2 is 1.65 bits per heavy atom. The molecule has 1 heterocycles. The highest BCUT2D eigenvalue weighted by molar-refractivity contribution is 5.94. The van der Waals surface area contributed by atoms with Gasteiger partial charge in [-0.1, -0.05) is 37.5 Å². The number of likely N-dealkylation sites (tertiary alicyclic amines) is 1. The molecule has 1 aromatic carbocycles. The van der Waals surface area contributed by atoms with Crippen LogP contribution in [-0.2, 0) is 0 Å². The van der Waals surface area contributed by atoms with E-state index in [9.17, 15) is 4.79 Å². The van der Waals surface area contributed by atoms with Crippen LogP contribution in [0.1, 0.15) is 42.5 Å². The fourth-order valence-electron chi connectivity index (χ4n) is 3.29. The Morgan fingerprint density at radius 3 is 2.29 bits per heavy atom. The van der Waals surface area contributed by atoms with Crippen molar-refractivity contribution in [2.75, 3.05) is 13.1 Å². The molecule has 0 radical (unpaired) electrons. The summed E-state index contributed by atoms with van der Waals surface area (Å²) in [7, 11) is 0. The van der Waals surface area contributed by atoms with E-state index in [4.69, 9.17) is 0 Å². The summed E-state index contributed by atoms with van der Waals surface area (Å²) in [6.07, 6.45) is 6.74. The van der Waals surface area contributed by atoms with Gasteiger partial charge in [-0.2, -0.15) is 0 Å². The number of hydrogen-bond donors (Lipinski definition) is 0. The van der Waals surface area contributed by atoms with E-state index >= 15 is 0 Å². The molecule has 1 saturated heterocycles. The number of benzene rings is 1. The fraction of sp³-hybridized carbons (Fsp3) is 0.533. The number of carbonyl (C=O) groups excluding carboxylic acids is 1. The largest absolute Gasteiger partial charge is 0.337 e. The molecule has 0 atom stereocenters. The molecule has 0 bridgehead atoms. The topological polar surface area (TPSA) is 20.3 Å². The van der Waals surface area contributed by atoms with Gasteiger partial charge in [-0.15, -0.1) is 0 Å². The van der Waals surface area contributed by atoms with Crippen LogP contribution in [0, 0.1) is 5.41 Å². The Labute approximate surface area is 103 Å². The maximum Gasteiger partial charge on any atom is 0.253 e. The van der Waals surface area contributed by atoms with Crippen molar-refractivity contribution in [2.45, 2.75) is 32.1 Å². The van der Waals surface area contributed by atoms with Crippen molar-refractivity contribution in [3.8, 4) is 0 Å². The lowest BCUT2D eigenvalue weighted by Crippen LogP contribution is -2.59. The van der Waals surface area contributed by atoms with Crippen LogP contribution in [0.4, 0.5) is 0 Å². The normalized spacial score (nSPS) is 22.2. The molecule has 1 aliphatic carbocycles. The summed E-state index contributed by atoms with van der Waals surface area (Å²) in [6.45, 7) is 1.97. The Balaban J connectivity index is 1.64. The highest BCUT2D eigenvalue weighted by Gasteiger charge is 2.45. The first-order chi connectivity index (χ1) is 8.29. The van der Waals surface area contributed by atoms with Crippen molar-refractivity contribution >= 4 is 5.91 Å². The highest BCUT2D eigenvalue weighted by Crippen LogP contribution is 2.44. The molecular formula is C15H19NO. The standard InChI is InChI=1S/C15H19NO/c17-14(13-7-3-1-4-8-13)16-11-15(12-16)9-5-2-6-10-15/h1,3-4,7-8H,2,5-6,9-12H2. The van der Waals surface area contributed by atoms with Crippen molar-refractivity contribution in [2.24, 2.45) is 5.41 Å². The van der Waals surface area contributed by atoms with Gasteiger partial charge >= 0.3 is 0 Å². The van der Waals surface area contributed by atoms with Crippen LogP contribution in [-0.4, -0.2) is 23.9 Å². The van der Waals surface area contributed by atoms with E-state index in [1.165, 1.54) is 32.1 Å². The maximum atomic E-state index is 12.2. The van der Waals surface area contributed by atoms with Gasteiger partial charge < -0.3 is 4.90 Å². The minimum atomic E-state index is 0.210. The quantitative estimate of drug-likeness (QED) is 0.724. The second kappa shape index (κ2) is 4.17. The molecule has 1 aliphatic heterocycles. The predicted molar refractivity (Wildman–Crippen MR) is 67.9 cm³/mol. The highest BCUT2D eigenvalue weighted by atomic mass is 16.2. The predicted octanol–water partition coefficient (Wildman–Crippen LogP) is 3.09. The van der Waals surface area contributed by atoms with Crippen molar-refractivity contribution in [3.63, 3.8) is 0 Å². The van der Waals surface area contributed by atoms with Crippen LogP contribution in [0.25, 0.3) is 0 Å². The molecule has 2 nitrogen and oxygen atoms in total. The van der Waals surface area contributed by atoms with E-state index in [-0.39, 0.29) is 5.91 Å². The molecule has 90 valence electrons. The molecular weight excluding hydrogens is 210 g/mol. The molecule has 3 rings (SSSR count). The van der Waals surface area contributed by atoms with E-state index in [1.54, 1.807) is 0 Å². The van der Waals surface area contributed by atoms with E-state index in [1.807, 2.05) is 35.2 Å². The number of hydrogen-bond acceptors (Lipinski definition) is 1. The molecule has 2 heteroatoms. The van der Waals surface area contributed by atoms with Gasteiger partial charge in [-0.25, -0.2) is 0 Å². The van der Waals surface area contributed by atoms with Gasteiger partial charge in [0.15, 0.2) is 0 Å². The fourth-order valence-corrected chi connectivity index (χ4v) is 3.29. The molecule has 1 amide bonds. The molecule has 17 heavy (non-hydrogen) atoms. The maximum absolute atomic E-state index is 12.2. The van der Waals surface area contributed by atoms with Crippen molar-refractivity contribution < 1.29 is 4.79 Å². The van der Waals surface area contributed by atoms with Crippen molar-refractivity contribution in [3.05, 3.63) is 35.9 Å². The van der Waals surface area contributed by atoms with Crippen LogP contribution in [0.5, 0.6) is 0 Å². The second-order valence-electron chi connectivity index (χ2n) is 5.59. The van der Waals surface area contributed by atoms with Gasteiger partial charge in [-0.05, 0) is 25.0 Å². The molecule has 0 N–H and O–H groups in total. The van der Waals surface area contributed by atoms with E-state index in [0.29, 0.717) is 5.41 Å². The Kier molecular flexibility index (Phi) is 2.65. The monoisotopic (exact) mass is 229 g/mol. The third-order valence-electron chi connectivity index (χ3n) is 4.27. The minimum Gasteiger partial charge on any atom is -0.337 e. The Hall–Kier alpha value is -1.31. The number of amides is 1. The average Bonchev–Trinajstić information content (AvgIpc) is 2.37. The molecule has 0 unspecified atom stereocenters. The second-order valence-corrected chi connectivity index (χ2v) is 5.59. The summed E-state index contributed by atoms with van der Waals surface area (Å²) in [4.78, 5) is 14.2. The molecule has 2 aliphatic rings. The summed E-state index contributed by atoms with van der Waals surface area (Å²) in [6, 6.07) is 9.64. The minimum absolute atomic E-state index is 0.210. The number of carbonyl (C=O) groups is 1. The first-order valence-electron chi connectivity index (χ1n) is 6.64. The zero-order chi connectivity index (χ0) is 11.7. The summed E-state index contributed by atoms with van der Waals surface area (Å²) < 4.78 is 0. The number of nitrogens with zero attached hydrogens (tertiary/aromatic N) is 1. The zero-order valence-electron chi connectivity index (χ0n) is 10.2. The zero-order valence-corrected chi connectivity index (χ0v) is 10.2. The first-order valence-corrected chi connectivity index (χ1v) is 6.64. The Bertz CT molecular complexity index is 398. The van der Waals surface area contributed by atoms with Gasteiger partial charge in [0, 0.05) is 24.1 Å². The third kappa shape index (κ3) is 1.97. The molecule has 0 aromatic heterocycles. The Morgan fingerprint density at radius 1 is 1.00 bits per heavy atom. The van der Waals surface area contributed by atoms with Crippen LogP contribution >= 0.6 is 0 Å². The third-order valence-corrected chi connectivity index (χ3v) is 4.27. The summed E-state index contributed by atoms with van der Waals surface area (Å²) in [5, 5.41) is 0. The summed E-state index contributed by atoms with van der Waals surface area (Å²) >= 11 is 0. The lowest BCUT2D eigenvalue weighted by molar-refractivity contribution is -0.0154.